The third kappa shape index (κ3) is 4.63. The zero-order chi connectivity index (χ0) is 11.5. The Morgan fingerprint density at radius 2 is 1.81 bits per heavy atom. The van der Waals surface area contributed by atoms with E-state index in [1.165, 1.54) is 24.3 Å². The van der Waals surface area contributed by atoms with Crippen LogP contribution in [0.15, 0.2) is 29.2 Å². The Balaban J connectivity index is 0.00000225. The number of hydrogen-bond acceptors (Lipinski definition) is 3. The number of benzene rings is 1. The van der Waals surface area contributed by atoms with Gasteiger partial charge in [-0.1, -0.05) is 6.92 Å². The van der Waals surface area contributed by atoms with Crippen molar-refractivity contribution in [3.63, 3.8) is 0 Å². The summed E-state index contributed by atoms with van der Waals surface area (Å²) < 4.78 is 30.1. The summed E-state index contributed by atoms with van der Waals surface area (Å²) in [5.41, 5.74) is 0.495. The molecule has 0 spiro atoms. The van der Waals surface area contributed by atoms with Crippen LogP contribution in [0.5, 0.6) is 0 Å². The molecule has 1 rings (SSSR count). The number of anilines is 1. The van der Waals surface area contributed by atoms with E-state index in [4.69, 9.17) is 4.55 Å². The Morgan fingerprint density at radius 1 is 1.31 bits per heavy atom. The van der Waals surface area contributed by atoms with Gasteiger partial charge in [-0.15, -0.1) is 0 Å². The van der Waals surface area contributed by atoms with Gasteiger partial charge in [-0.2, -0.15) is 8.42 Å². The maximum absolute atomic E-state index is 11.0. The SMILES string of the molecule is CCC(=O)Nc1ccc(S(=O)(=O)O)cc1.[NaH]. The summed E-state index contributed by atoms with van der Waals surface area (Å²) in [6, 6.07) is 5.27. The van der Waals surface area contributed by atoms with Crippen LogP contribution in [0, 0.1) is 0 Å². The van der Waals surface area contributed by atoms with Crippen LogP contribution in [0.4, 0.5) is 5.69 Å². The molecule has 0 radical (unpaired) electrons. The second-order valence-electron chi connectivity index (χ2n) is 2.90. The van der Waals surface area contributed by atoms with E-state index in [0.29, 0.717) is 12.1 Å². The molecule has 1 aromatic rings. The fourth-order valence-corrected chi connectivity index (χ4v) is 1.44. The standard InChI is InChI=1S/C9H11NO4S.Na.H/c1-2-9(11)10-7-3-5-8(6-4-7)15(12,13)14;;/h3-6H,2H2,1H3,(H,10,11)(H,12,13,14);;. The molecule has 16 heavy (non-hydrogen) atoms. The Bertz CT molecular complexity index is 455. The second kappa shape index (κ2) is 6.36. The molecule has 7 heteroatoms. The van der Waals surface area contributed by atoms with E-state index in [1.54, 1.807) is 6.92 Å². The Labute approximate surface area is 116 Å². The van der Waals surface area contributed by atoms with Crippen LogP contribution in [-0.4, -0.2) is 48.4 Å². The summed E-state index contributed by atoms with van der Waals surface area (Å²) in [6.07, 6.45) is 0.347. The first kappa shape index (κ1) is 15.6. The molecular formula is C9H12NNaO4S. The number of rotatable bonds is 3. The van der Waals surface area contributed by atoms with Gasteiger partial charge in [0.15, 0.2) is 0 Å². The van der Waals surface area contributed by atoms with Gasteiger partial charge in [0.25, 0.3) is 10.1 Å². The van der Waals surface area contributed by atoms with E-state index in [1.807, 2.05) is 0 Å². The molecule has 0 saturated heterocycles. The summed E-state index contributed by atoms with van der Waals surface area (Å²) in [4.78, 5) is 10.8. The van der Waals surface area contributed by atoms with Crippen LogP contribution in [0.2, 0.25) is 0 Å². The zero-order valence-electron chi connectivity index (χ0n) is 8.10. The Morgan fingerprint density at radius 3 is 2.19 bits per heavy atom. The molecule has 0 unspecified atom stereocenters. The Kier molecular flexibility index (Phi) is 6.20. The summed E-state index contributed by atoms with van der Waals surface area (Å²) in [5, 5.41) is 2.55. The minimum atomic E-state index is -4.17. The molecule has 84 valence electrons. The van der Waals surface area contributed by atoms with E-state index >= 15 is 0 Å². The third-order valence-corrected chi connectivity index (χ3v) is 2.62. The predicted octanol–water partition coefficient (Wildman–Crippen LogP) is 0.633. The van der Waals surface area contributed by atoms with Gasteiger partial charge in [0.2, 0.25) is 5.91 Å². The first-order valence-electron chi connectivity index (χ1n) is 4.31. The number of carbonyl (C=O) groups excluding carboxylic acids is 1. The third-order valence-electron chi connectivity index (χ3n) is 1.76. The van der Waals surface area contributed by atoms with Crippen molar-refractivity contribution < 1.29 is 17.8 Å². The van der Waals surface area contributed by atoms with Gasteiger partial charge in [0.05, 0.1) is 4.90 Å². The normalized spacial score (nSPS) is 10.4. The summed E-state index contributed by atoms with van der Waals surface area (Å²) in [6.45, 7) is 1.71. The van der Waals surface area contributed by atoms with Crippen molar-refractivity contribution in [1.29, 1.82) is 0 Å². The molecular weight excluding hydrogens is 241 g/mol. The van der Waals surface area contributed by atoms with E-state index in [-0.39, 0.29) is 40.4 Å². The van der Waals surface area contributed by atoms with Crippen molar-refractivity contribution in [2.24, 2.45) is 0 Å². The molecule has 0 heterocycles. The van der Waals surface area contributed by atoms with E-state index < -0.39 is 10.1 Å². The molecule has 5 nitrogen and oxygen atoms in total. The maximum atomic E-state index is 11.0. The van der Waals surface area contributed by atoms with E-state index in [0.717, 1.165) is 0 Å². The fraction of sp³-hybridized carbons (Fsp3) is 0.222. The molecule has 0 saturated carbocycles. The van der Waals surface area contributed by atoms with Crippen molar-refractivity contribution in [1.82, 2.24) is 0 Å². The van der Waals surface area contributed by atoms with Gasteiger partial charge in [0.1, 0.15) is 0 Å². The van der Waals surface area contributed by atoms with Gasteiger partial charge >= 0.3 is 29.6 Å². The molecule has 2 N–H and O–H groups in total. The van der Waals surface area contributed by atoms with Crippen LogP contribution in [0.3, 0.4) is 0 Å². The molecule has 0 aliphatic heterocycles. The molecule has 0 aliphatic carbocycles. The summed E-state index contributed by atoms with van der Waals surface area (Å²) >= 11 is 0. The average Bonchev–Trinajstić information content (AvgIpc) is 2.17. The van der Waals surface area contributed by atoms with Gasteiger partial charge in [-0.3, -0.25) is 9.35 Å². The predicted molar refractivity (Wildman–Crippen MR) is 62.3 cm³/mol. The zero-order valence-corrected chi connectivity index (χ0v) is 8.91. The van der Waals surface area contributed by atoms with Crippen LogP contribution >= 0.6 is 0 Å². The van der Waals surface area contributed by atoms with Gasteiger partial charge < -0.3 is 5.32 Å². The van der Waals surface area contributed by atoms with Crippen molar-refractivity contribution >= 4 is 51.3 Å². The van der Waals surface area contributed by atoms with Crippen LogP contribution in [0.25, 0.3) is 0 Å². The van der Waals surface area contributed by atoms with E-state index in [9.17, 15) is 13.2 Å². The topological polar surface area (TPSA) is 83.5 Å². The fourth-order valence-electron chi connectivity index (χ4n) is 0.960. The minimum absolute atomic E-state index is 0. The number of amides is 1. The van der Waals surface area contributed by atoms with Crippen LogP contribution < -0.4 is 5.32 Å². The molecule has 0 atom stereocenters. The van der Waals surface area contributed by atoms with Crippen LogP contribution in [0.1, 0.15) is 13.3 Å². The van der Waals surface area contributed by atoms with Crippen molar-refractivity contribution in [2.75, 3.05) is 5.32 Å². The average molecular weight is 253 g/mol. The first-order valence-corrected chi connectivity index (χ1v) is 5.75. The monoisotopic (exact) mass is 253 g/mol. The van der Waals surface area contributed by atoms with Crippen molar-refractivity contribution in [2.45, 2.75) is 18.2 Å². The number of carbonyl (C=O) groups is 1. The molecule has 0 aliphatic rings. The molecule has 1 amide bonds. The number of nitrogens with one attached hydrogen (secondary N) is 1. The van der Waals surface area contributed by atoms with Crippen LogP contribution in [-0.2, 0) is 14.9 Å². The van der Waals surface area contributed by atoms with Crippen molar-refractivity contribution in [3.05, 3.63) is 24.3 Å². The quantitative estimate of drug-likeness (QED) is 0.611. The summed E-state index contributed by atoms with van der Waals surface area (Å²) in [7, 11) is -4.17. The first-order chi connectivity index (χ1) is 6.93. The molecule has 0 bridgehead atoms. The second-order valence-corrected chi connectivity index (χ2v) is 4.32. The summed E-state index contributed by atoms with van der Waals surface area (Å²) in [5.74, 6) is -0.158. The number of hydrogen-bond donors (Lipinski definition) is 2. The van der Waals surface area contributed by atoms with Gasteiger partial charge in [0, 0.05) is 12.1 Å². The molecule has 0 fully saturated rings. The van der Waals surface area contributed by atoms with Crippen molar-refractivity contribution in [3.8, 4) is 0 Å². The van der Waals surface area contributed by atoms with Gasteiger partial charge in [-0.25, -0.2) is 0 Å². The van der Waals surface area contributed by atoms with Gasteiger partial charge in [-0.05, 0) is 24.3 Å². The van der Waals surface area contributed by atoms with E-state index in [2.05, 4.69) is 5.32 Å². The Hall–Kier alpha value is -0.400. The molecule has 1 aromatic carbocycles. The molecule has 0 aromatic heterocycles.